The summed E-state index contributed by atoms with van der Waals surface area (Å²) in [5, 5.41) is 0. The summed E-state index contributed by atoms with van der Waals surface area (Å²) < 4.78 is 5.34. The molecule has 1 aromatic carbocycles. The van der Waals surface area contributed by atoms with Gasteiger partial charge in [0.1, 0.15) is 5.75 Å². The number of fused-ring (bicyclic) bond motifs is 1. The summed E-state index contributed by atoms with van der Waals surface area (Å²) in [6.07, 6.45) is 9.14. The van der Waals surface area contributed by atoms with Crippen LogP contribution in [0.1, 0.15) is 43.2 Å². The van der Waals surface area contributed by atoms with Gasteiger partial charge < -0.3 is 4.74 Å². The lowest BCUT2D eigenvalue weighted by Gasteiger charge is -2.18. The maximum atomic E-state index is 5.34. The number of aryl methyl sites for hydroxylation is 1. The molecule has 0 radical (unpaired) electrons. The summed E-state index contributed by atoms with van der Waals surface area (Å²) >= 11 is 0. The van der Waals surface area contributed by atoms with Crippen LogP contribution in [0.3, 0.4) is 0 Å². The Morgan fingerprint density at radius 1 is 0.882 bits per heavy atom. The Balaban J connectivity index is 1.95. The predicted molar refractivity (Wildman–Crippen MR) is 70.5 cm³/mol. The van der Waals surface area contributed by atoms with Gasteiger partial charge in [-0.15, -0.1) is 0 Å². The molecule has 0 fully saturated rings. The highest BCUT2D eigenvalue weighted by Crippen LogP contribution is 2.35. The molecule has 0 saturated heterocycles. The van der Waals surface area contributed by atoms with Crippen molar-refractivity contribution in [1.29, 1.82) is 0 Å². The molecule has 0 atom stereocenters. The Bertz CT molecular complexity index is 457. The van der Waals surface area contributed by atoms with Gasteiger partial charge in [0.05, 0.1) is 7.11 Å². The smallest absolute Gasteiger partial charge is 0.119 e. The number of ether oxygens (including phenoxy) is 1. The van der Waals surface area contributed by atoms with Gasteiger partial charge in [0, 0.05) is 0 Å². The van der Waals surface area contributed by atoms with Crippen LogP contribution in [0.15, 0.2) is 29.3 Å². The minimum Gasteiger partial charge on any atom is -0.497 e. The molecule has 0 amide bonds. The van der Waals surface area contributed by atoms with Crippen molar-refractivity contribution in [2.45, 2.75) is 44.9 Å². The molecule has 3 rings (SSSR count). The molecule has 0 saturated carbocycles. The number of hydrogen-bond donors (Lipinski definition) is 0. The first-order chi connectivity index (χ1) is 8.36. The van der Waals surface area contributed by atoms with E-state index < -0.39 is 0 Å². The molecular formula is C16H20O. The average molecular weight is 228 g/mol. The average Bonchev–Trinajstić information content (AvgIpc) is 2.56. The van der Waals surface area contributed by atoms with Crippen molar-refractivity contribution >= 4 is 0 Å². The van der Waals surface area contributed by atoms with Crippen LogP contribution < -0.4 is 4.74 Å². The van der Waals surface area contributed by atoms with E-state index >= 15 is 0 Å². The number of rotatable bonds is 1. The molecule has 2 aliphatic carbocycles. The number of hydrogen-bond acceptors (Lipinski definition) is 1. The first-order valence-electron chi connectivity index (χ1n) is 6.72. The molecule has 0 heterocycles. The minimum absolute atomic E-state index is 1.00. The van der Waals surface area contributed by atoms with E-state index in [4.69, 9.17) is 4.74 Å². The standard InChI is InChI=1S/C16H20O/c1-17-16-9-8-13-7-6-12-4-2-3-5-14(12)10-15(13)11-16/h8-9,11H,2-7,10H2,1H3. The minimum atomic E-state index is 1.00. The van der Waals surface area contributed by atoms with Crippen LogP contribution in [0.4, 0.5) is 0 Å². The van der Waals surface area contributed by atoms with Gasteiger partial charge in [0.25, 0.3) is 0 Å². The van der Waals surface area contributed by atoms with E-state index in [1.807, 2.05) is 0 Å². The van der Waals surface area contributed by atoms with Crippen LogP contribution in [0.5, 0.6) is 5.75 Å². The van der Waals surface area contributed by atoms with Gasteiger partial charge in [-0.25, -0.2) is 0 Å². The number of methoxy groups -OCH3 is 1. The fourth-order valence-corrected chi connectivity index (χ4v) is 3.20. The zero-order valence-electron chi connectivity index (χ0n) is 10.6. The van der Waals surface area contributed by atoms with Gasteiger partial charge in [-0.2, -0.15) is 0 Å². The summed E-state index contributed by atoms with van der Waals surface area (Å²) in [5.74, 6) is 1.00. The summed E-state index contributed by atoms with van der Waals surface area (Å²) in [6.45, 7) is 0. The first kappa shape index (κ1) is 10.9. The molecule has 0 bridgehead atoms. The van der Waals surface area contributed by atoms with E-state index in [0.29, 0.717) is 0 Å². The van der Waals surface area contributed by atoms with E-state index in [-0.39, 0.29) is 0 Å². The lowest BCUT2D eigenvalue weighted by atomic mass is 9.88. The summed E-state index contributed by atoms with van der Waals surface area (Å²) in [4.78, 5) is 0. The van der Waals surface area contributed by atoms with Crippen molar-refractivity contribution in [3.8, 4) is 5.75 Å². The first-order valence-corrected chi connectivity index (χ1v) is 6.72. The number of benzene rings is 1. The highest BCUT2D eigenvalue weighted by Gasteiger charge is 2.18. The third-order valence-electron chi connectivity index (χ3n) is 4.22. The second-order valence-corrected chi connectivity index (χ2v) is 5.23. The van der Waals surface area contributed by atoms with Crippen LogP contribution in [0.2, 0.25) is 0 Å². The molecule has 1 aromatic rings. The van der Waals surface area contributed by atoms with Crippen LogP contribution in [-0.2, 0) is 12.8 Å². The van der Waals surface area contributed by atoms with Crippen molar-refractivity contribution in [1.82, 2.24) is 0 Å². The zero-order valence-corrected chi connectivity index (χ0v) is 10.6. The largest absolute Gasteiger partial charge is 0.497 e. The second-order valence-electron chi connectivity index (χ2n) is 5.23. The van der Waals surface area contributed by atoms with Crippen LogP contribution in [0, 0.1) is 0 Å². The third-order valence-corrected chi connectivity index (χ3v) is 4.22. The SMILES string of the molecule is COc1ccc2c(c1)CC1=C(CCCC1)CC2. The third kappa shape index (κ3) is 2.11. The fourth-order valence-electron chi connectivity index (χ4n) is 3.20. The van der Waals surface area contributed by atoms with Crippen molar-refractivity contribution in [2.75, 3.05) is 7.11 Å². The van der Waals surface area contributed by atoms with Gasteiger partial charge in [-0.3, -0.25) is 0 Å². The highest BCUT2D eigenvalue weighted by atomic mass is 16.5. The van der Waals surface area contributed by atoms with Crippen molar-refractivity contribution in [3.05, 3.63) is 40.5 Å². The van der Waals surface area contributed by atoms with E-state index in [0.717, 1.165) is 5.75 Å². The summed E-state index contributed by atoms with van der Waals surface area (Å²) in [5.41, 5.74) is 6.51. The van der Waals surface area contributed by atoms with E-state index in [1.54, 1.807) is 18.3 Å². The Morgan fingerprint density at radius 3 is 2.53 bits per heavy atom. The van der Waals surface area contributed by atoms with E-state index in [1.165, 1.54) is 56.1 Å². The van der Waals surface area contributed by atoms with Gasteiger partial charge in [-0.05, 0) is 68.2 Å². The Labute approximate surface area is 103 Å². The molecule has 2 aliphatic rings. The molecule has 0 aliphatic heterocycles. The zero-order chi connectivity index (χ0) is 11.7. The molecule has 90 valence electrons. The van der Waals surface area contributed by atoms with Crippen LogP contribution >= 0.6 is 0 Å². The molecule has 17 heavy (non-hydrogen) atoms. The van der Waals surface area contributed by atoms with Crippen molar-refractivity contribution < 1.29 is 4.74 Å². The molecule has 0 aromatic heterocycles. The van der Waals surface area contributed by atoms with Crippen molar-refractivity contribution in [2.24, 2.45) is 0 Å². The van der Waals surface area contributed by atoms with Gasteiger partial charge in [0.15, 0.2) is 0 Å². The topological polar surface area (TPSA) is 9.23 Å². The van der Waals surface area contributed by atoms with Gasteiger partial charge in [-0.1, -0.05) is 17.2 Å². The predicted octanol–water partition coefficient (Wildman–Crippen LogP) is 4.05. The van der Waals surface area contributed by atoms with Crippen molar-refractivity contribution in [3.63, 3.8) is 0 Å². The lowest BCUT2D eigenvalue weighted by Crippen LogP contribution is -2.01. The van der Waals surface area contributed by atoms with Gasteiger partial charge in [0.2, 0.25) is 0 Å². The molecule has 1 heteroatoms. The summed E-state index contributed by atoms with van der Waals surface area (Å²) in [6, 6.07) is 6.59. The Hall–Kier alpha value is -1.24. The molecular weight excluding hydrogens is 208 g/mol. The maximum absolute atomic E-state index is 5.34. The normalized spacial score (nSPS) is 19.4. The van der Waals surface area contributed by atoms with Crippen LogP contribution in [0.25, 0.3) is 0 Å². The Kier molecular flexibility index (Phi) is 2.92. The van der Waals surface area contributed by atoms with Crippen LogP contribution in [-0.4, -0.2) is 7.11 Å². The monoisotopic (exact) mass is 228 g/mol. The molecule has 0 N–H and O–H groups in total. The lowest BCUT2D eigenvalue weighted by molar-refractivity contribution is 0.414. The van der Waals surface area contributed by atoms with E-state index in [9.17, 15) is 0 Å². The molecule has 0 unspecified atom stereocenters. The molecule has 1 nitrogen and oxygen atoms in total. The fraction of sp³-hybridized carbons (Fsp3) is 0.500. The molecule has 0 spiro atoms. The maximum Gasteiger partial charge on any atom is 0.119 e. The van der Waals surface area contributed by atoms with E-state index in [2.05, 4.69) is 18.2 Å². The number of allylic oxidation sites excluding steroid dienone is 2. The van der Waals surface area contributed by atoms with Gasteiger partial charge >= 0.3 is 0 Å². The highest BCUT2D eigenvalue weighted by molar-refractivity contribution is 5.41. The quantitative estimate of drug-likeness (QED) is 0.659. The Morgan fingerprint density at radius 2 is 1.71 bits per heavy atom. The summed E-state index contributed by atoms with van der Waals surface area (Å²) in [7, 11) is 1.75. The second kappa shape index (κ2) is 4.56.